The number of nitro groups is 1. The van der Waals surface area contributed by atoms with Crippen molar-refractivity contribution in [3.63, 3.8) is 0 Å². The van der Waals surface area contributed by atoms with Crippen LogP contribution in [0.25, 0.3) is 0 Å². The number of methoxy groups -OCH3 is 1. The van der Waals surface area contributed by atoms with E-state index in [1.165, 1.54) is 13.2 Å². The maximum Gasteiger partial charge on any atom is 0.273 e. The number of hydrogen-bond donors (Lipinski definition) is 1. The second-order valence-corrected chi connectivity index (χ2v) is 5.34. The number of non-ortho nitro benzene ring substituents is 1. The smallest absolute Gasteiger partial charge is 0.273 e. The number of hydrogen-bond acceptors (Lipinski definition) is 5. The molecule has 1 aromatic rings. The fourth-order valence-corrected chi connectivity index (χ4v) is 2.86. The number of nitrogens with one attached hydrogen (secondary N) is 1. The molecule has 0 bridgehead atoms. The van der Waals surface area contributed by atoms with Crippen molar-refractivity contribution in [2.45, 2.75) is 32.4 Å². The Balaban J connectivity index is 2.15. The van der Waals surface area contributed by atoms with Gasteiger partial charge in [-0.2, -0.15) is 0 Å². The zero-order valence-electron chi connectivity index (χ0n) is 12.7. The molecule has 1 aliphatic heterocycles. The zero-order valence-corrected chi connectivity index (χ0v) is 12.7. The van der Waals surface area contributed by atoms with Crippen molar-refractivity contribution in [2.75, 3.05) is 26.7 Å². The fraction of sp³-hybridized carbons (Fsp3) is 0.600. The molecule has 0 aromatic heterocycles. The molecule has 1 fully saturated rings. The van der Waals surface area contributed by atoms with Crippen LogP contribution in [0.4, 0.5) is 5.69 Å². The minimum absolute atomic E-state index is 0.0886. The van der Waals surface area contributed by atoms with Crippen molar-refractivity contribution in [1.82, 2.24) is 10.2 Å². The molecule has 0 saturated carbocycles. The van der Waals surface area contributed by atoms with Gasteiger partial charge in [-0.05, 0) is 44.1 Å². The Hall–Kier alpha value is -1.66. The van der Waals surface area contributed by atoms with E-state index < -0.39 is 0 Å². The van der Waals surface area contributed by atoms with E-state index in [0.717, 1.165) is 44.6 Å². The van der Waals surface area contributed by atoms with Crippen LogP contribution in [-0.2, 0) is 6.54 Å². The van der Waals surface area contributed by atoms with Gasteiger partial charge >= 0.3 is 0 Å². The van der Waals surface area contributed by atoms with Crippen molar-refractivity contribution in [3.05, 3.63) is 33.9 Å². The molecule has 2 rings (SSSR count). The molecule has 0 spiro atoms. The number of piperidine rings is 1. The molecule has 21 heavy (non-hydrogen) atoms. The predicted octanol–water partition coefficient (Wildman–Crippen LogP) is 2.18. The highest BCUT2D eigenvalue weighted by Crippen LogP contribution is 2.24. The predicted molar refractivity (Wildman–Crippen MR) is 81.6 cm³/mol. The highest BCUT2D eigenvalue weighted by molar-refractivity contribution is 5.42. The summed E-state index contributed by atoms with van der Waals surface area (Å²) in [7, 11) is 1.53. The number of nitrogens with zero attached hydrogens (tertiary/aromatic N) is 2. The van der Waals surface area contributed by atoms with E-state index in [0.29, 0.717) is 11.8 Å². The number of ether oxygens (including phenoxy) is 1. The SMILES string of the molecule is CCN(Cc1cc(OC)cc([N+](=O)[O-])c1)C1CCNCC1. The van der Waals surface area contributed by atoms with Crippen molar-refractivity contribution in [2.24, 2.45) is 0 Å². The molecule has 0 atom stereocenters. The van der Waals surface area contributed by atoms with Gasteiger partial charge in [0, 0.05) is 18.7 Å². The minimum atomic E-state index is -0.368. The maximum absolute atomic E-state index is 11.0. The van der Waals surface area contributed by atoms with Gasteiger partial charge in [0.15, 0.2) is 0 Å². The molecular weight excluding hydrogens is 270 g/mol. The lowest BCUT2D eigenvalue weighted by Gasteiger charge is -2.33. The second kappa shape index (κ2) is 7.38. The Labute approximate surface area is 125 Å². The molecule has 116 valence electrons. The van der Waals surface area contributed by atoms with Crippen LogP contribution < -0.4 is 10.1 Å². The molecule has 1 aliphatic rings. The Bertz CT molecular complexity index is 487. The quantitative estimate of drug-likeness (QED) is 0.643. The molecule has 6 heteroatoms. The monoisotopic (exact) mass is 293 g/mol. The van der Waals surface area contributed by atoms with Crippen LogP contribution in [0.2, 0.25) is 0 Å². The number of benzene rings is 1. The lowest BCUT2D eigenvalue weighted by atomic mass is 10.0. The van der Waals surface area contributed by atoms with E-state index in [4.69, 9.17) is 4.74 Å². The third kappa shape index (κ3) is 4.15. The Morgan fingerprint density at radius 3 is 2.67 bits per heavy atom. The highest BCUT2D eigenvalue weighted by atomic mass is 16.6. The largest absolute Gasteiger partial charge is 0.496 e. The first-order valence-electron chi connectivity index (χ1n) is 7.41. The molecular formula is C15H23N3O3. The fourth-order valence-electron chi connectivity index (χ4n) is 2.86. The normalized spacial score (nSPS) is 16.1. The van der Waals surface area contributed by atoms with Crippen LogP contribution in [0.1, 0.15) is 25.3 Å². The summed E-state index contributed by atoms with van der Waals surface area (Å²) < 4.78 is 5.17. The van der Waals surface area contributed by atoms with Crippen LogP contribution in [0.15, 0.2) is 18.2 Å². The summed E-state index contributed by atoms with van der Waals surface area (Å²) in [5.74, 6) is 0.542. The lowest BCUT2D eigenvalue weighted by Crippen LogP contribution is -2.42. The summed E-state index contributed by atoms with van der Waals surface area (Å²) in [5, 5.41) is 14.4. The van der Waals surface area contributed by atoms with E-state index >= 15 is 0 Å². The Morgan fingerprint density at radius 1 is 1.38 bits per heavy atom. The van der Waals surface area contributed by atoms with E-state index in [-0.39, 0.29) is 10.6 Å². The van der Waals surface area contributed by atoms with Gasteiger partial charge in [-0.25, -0.2) is 0 Å². The molecule has 1 saturated heterocycles. The van der Waals surface area contributed by atoms with E-state index in [2.05, 4.69) is 17.1 Å². The third-order valence-electron chi connectivity index (χ3n) is 4.01. The van der Waals surface area contributed by atoms with E-state index in [1.54, 1.807) is 6.07 Å². The summed E-state index contributed by atoms with van der Waals surface area (Å²) in [6.07, 6.45) is 2.25. The molecule has 1 heterocycles. The van der Waals surface area contributed by atoms with Gasteiger partial charge in [-0.1, -0.05) is 6.92 Å². The second-order valence-electron chi connectivity index (χ2n) is 5.34. The van der Waals surface area contributed by atoms with Gasteiger partial charge in [0.1, 0.15) is 5.75 Å². The lowest BCUT2D eigenvalue weighted by molar-refractivity contribution is -0.385. The van der Waals surface area contributed by atoms with Crippen LogP contribution in [0.3, 0.4) is 0 Å². The first-order chi connectivity index (χ1) is 10.1. The first-order valence-corrected chi connectivity index (χ1v) is 7.41. The Kier molecular flexibility index (Phi) is 5.52. The van der Waals surface area contributed by atoms with Crippen LogP contribution in [-0.4, -0.2) is 42.6 Å². The molecule has 0 amide bonds. The van der Waals surface area contributed by atoms with Gasteiger partial charge in [-0.3, -0.25) is 15.0 Å². The van der Waals surface area contributed by atoms with Gasteiger partial charge in [-0.15, -0.1) is 0 Å². The minimum Gasteiger partial charge on any atom is -0.496 e. The third-order valence-corrected chi connectivity index (χ3v) is 4.01. The van der Waals surface area contributed by atoms with Crippen molar-refractivity contribution in [1.29, 1.82) is 0 Å². The number of rotatable bonds is 6. The van der Waals surface area contributed by atoms with Crippen LogP contribution in [0.5, 0.6) is 5.75 Å². The molecule has 6 nitrogen and oxygen atoms in total. The maximum atomic E-state index is 11.0. The molecule has 0 aliphatic carbocycles. The summed E-state index contributed by atoms with van der Waals surface area (Å²) in [6, 6.07) is 5.54. The van der Waals surface area contributed by atoms with Gasteiger partial charge in [0.05, 0.1) is 18.1 Å². The average Bonchev–Trinajstić information content (AvgIpc) is 2.53. The van der Waals surface area contributed by atoms with Crippen molar-refractivity contribution in [3.8, 4) is 5.75 Å². The molecule has 0 radical (unpaired) electrons. The Morgan fingerprint density at radius 2 is 2.10 bits per heavy atom. The van der Waals surface area contributed by atoms with Crippen LogP contribution >= 0.6 is 0 Å². The summed E-state index contributed by atoms with van der Waals surface area (Å²) in [4.78, 5) is 13.0. The zero-order chi connectivity index (χ0) is 15.2. The topological polar surface area (TPSA) is 67.6 Å². The first kappa shape index (κ1) is 15.7. The highest BCUT2D eigenvalue weighted by Gasteiger charge is 2.20. The van der Waals surface area contributed by atoms with E-state index in [9.17, 15) is 10.1 Å². The van der Waals surface area contributed by atoms with Gasteiger partial charge < -0.3 is 10.1 Å². The average molecular weight is 293 g/mol. The molecule has 1 aromatic carbocycles. The molecule has 1 N–H and O–H groups in total. The standard InChI is InChI=1S/C15H23N3O3/c1-3-17(13-4-6-16-7-5-13)11-12-8-14(18(19)20)10-15(9-12)21-2/h8-10,13,16H,3-7,11H2,1-2H3. The van der Waals surface area contributed by atoms with Gasteiger partial charge in [0.25, 0.3) is 5.69 Å². The van der Waals surface area contributed by atoms with Gasteiger partial charge in [0.2, 0.25) is 0 Å². The summed E-state index contributed by atoms with van der Waals surface area (Å²) in [6.45, 7) is 5.88. The van der Waals surface area contributed by atoms with E-state index in [1.807, 2.05) is 6.07 Å². The van der Waals surface area contributed by atoms with Crippen LogP contribution in [0, 0.1) is 10.1 Å². The molecule has 0 unspecified atom stereocenters. The van der Waals surface area contributed by atoms with Crippen molar-refractivity contribution >= 4 is 5.69 Å². The van der Waals surface area contributed by atoms with Crippen molar-refractivity contribution < 1.29 is 9.66 Å². The number of nitro benzene ring substituents is 1. The summed E-state index contributed by atoms with van der Waals surface area (Å²) >= 11 is 0. The summed E-state index contributed by atoms with van der Waals surface area (Å²) in [5.41, 5.74) is 1.02.